The zero-order chi connectivity index (χ0) is 10.8. The Morgan fingerprint density at radius 3 is 2.87 bits per heavy atom. The molecule has 1 aromatic heterocycles. The van der Waals surface area contributed by atoms with Gasteiger partial charge in [0.1, 0.15) is 10.8 Å². The highest BCUT2D eigenvalue weighted by Gasteiger charge is 2.09. The molecule has 0 amide bonds. The fraction of sp³-hybridized carbons (Fsp3) is 0.111. The van der Waals surface area contributed by atoms with Crippen LogP contribution in [0.4, 0.5) is 5.95 Å². The minimum atomic E-state index is 0.296. The number of benzene rings is 1. The lowest BCUT2D eigenvalue weighted by Gasteiger charge is -2.03. The molecule has 0 unspecified atom stereocenters. The Labute approximate surface area is 99.4 Å². The van der Waals surface area contributed by atoms with Gasteiger partial charge in [0.2, 0.25) is 5.95 Å². The number of anilines is 1. The Kier molecular flexibility index (Phi) is 2.88. The Morgan fingerprint density at radius 2 is 2.27 bits per heavy atom. The van der Waals surface area contributed by atoms with E-state index >= 15 is 0 Å². The van der Waals surface area contributed by atoms with Gasteiger partial charge in [0.15, 0.2) is 0 Å². The molecule has 4 nitrogen and oxygen atoms in total. The van der Waals surface area contributed by atoms with Crippen LogP contribution in [0.25, 0.3) is 10.6 Å². The van der Waals surface area contributed by atoms with E-state index in [1.165, 1.54) is 11.5 Å². The molecule has 0 spiro atoms. The Hall–Kier alpha value is -1.14. The van der Waals surface area contributed by atoms with E-state index in [0.717, 1.165) is 20.8 Å². The predicted octanol–water partition coefficient (Wildman–Crippen LogP) is 2.56. The molecule has 0 aliphatic heterocycles. The molecule has 0 atom stereocenters. The van der Waals surface area contributed by atoms with Crippen LogP contribution in [0.5, 0.6) is 5.75 Å². The van der Waals surface area contributed by atoms with Crippen LogP contribution < -0.4 is 10.5 Å². The summed E-state index contributed by atoms with van der Waals surface area (Å²) in [6.07, 6.45) is 0. The number of hydrogen-bond acceptors (Lipinski definition) is 5. The maximum Gasteiger partial charge on any atom is 0.232 e. The number of halogens is 1. The van der Waals surface area contributed by atoms with Crippen LogP contribution in [-0.2, 0) is 0 Å². The van der Waals surface area contributed by atoms with Gasteiger partial charge in [0, 0.05) is 10.0 Å². The average molecular weight is 286 g/mol. The van der Waals surface area contributed by atoms with Crippen LogP contribution in [0.15, 0.2) is 22.7 Å². The second-order valence-electron chi connectivity index (χ2n) is 2.80. The summed E-state index contributed by atoms with van der Waals surface area (Å²) in [6, 6.07) is 5.67. The molecule has 0 radical (unpaired) electrons. The van der Waals surface area contributed by atoms with Gasteiger partial charge in [-0.25, -0.2) is 0 Å². The van der Waals surface area contributed by atoms with Crippen molar-refractivity contribution in [3.63, 3.8) is 0 Å². The summed E-state index contributed by atoms with van der Waals surface area (Å²) in [6.45, 7) is 0. The zero-order valence-electron chi connectivity index (χ0n) is 7.90. The highest BCUT2D eigenvalue weighted by atomic mass is 79.9. The number of nitrogens with two attached hydrogens (primary N) is 1. The van der Waals surface area contributed by atoms with Gasteiger partial charge in [-0.2, -0.15) is 9.36 Å². The van der Waals surface area contributed by atoms with E-state index in [1.54, 1.807) is 7.11 Å². The molecule has 0 bridgehead atoms. The van der Waals surface area contributed by atoms with Gasteiger partial charge in [-0.05, 0) is 29.7 Å². The van der Waals surface area contributed by atoms with Crippen LogP contribution in [0.2, 0.25) is 0 Å². The van der Waals surface area contributed by atoms with Gasteiger partial charge < -0.3 is 10.5 Å². The second-order valence-corrected chi connectivity index (χ2v) is 4.41. The van der Waals surface area contributed by atoms with E-state index in [2.05, 4.69) is 25.3 Å². The molecule has 1 heterocycles. The summed E-state index contributed by atoms with van der Waals surface area (Å²) in [7, 11) is 1.63. The molecule has 0 saturated heterocycles. The lowest BCUT2D eigenvalue weighted by molar-refractivity contribution is 0.415. The van der Waals surface area contributed by atoms with Gasteiger partial charge >= 0.3 is 0 Å². The van der Waals surface area contributed by atoms with Crippen molar-refractivity contribution >= 4 is 33.4 Å². The molecule has 2 N–H and O–H groups in total. The van der Waals surface area contributed by atoms with E-state index in [0.29, 0.717) is 5.95 Å². The molecule has 2 rings (SSSR count). The quantitative estimate of drug-likeness (QED) is 0.921. The molecule has 1 aromatic carbocycles. The standard InChI is InChI=1S/C9H8BrN3OS/c1-14-5-2-3-7(10)6(4-5)8-12-9(11)13-15-8/h2-4H,1H3,(H2,11,13). The van der Waals surface area contributed by atoms with Crippen LogP contribution in [0.1, 0.15) is 0 Å². The summed E-state index contributed by atoms with van der Waals surface area (Å²) in [5, 5.41) is 0.776. The Balaban J connectivity index is 2.51. The van der Waals surface area contributed by atoms with Gasteiger partial charge in [-0.1, -0.05) is 15.9 Å². The van der Waals surface area contributed by atoms with Gasteiger partial charge in [0.05, 0.1) is 7.11 Å². The Morgan fingerprint density at radius 1 is 1.47 bits per heavy atom. The zero-order valence-corrected chi connectivity index (χ0v) is 10.3. The molecule has 78 valence electrons. The van der Waals surface area contributed by atoms with E-state index in [-0.39, 0.29) is 0 Å². The van der Waals surface area contributed by atoms with Crippen LogP contribution in [-0.4, -0.2) is 16.5 Å². The summed E-state index contributed by atoms with van der Waals surface area (Å²) < 4.78 is 10.0. The molecule has 0 fully saturated rings. The van der Waals surface area contributed by atoms with E-state index in [9.17, 15) is 0 Å². The monoisotopic (exact) mass is 285 g/mol. The third-order valence-electron chi connectivity index (χ3n) is 1.85. The second kappa shape index (κ2) is 4.16. The number of ether oxygens (including phenoxy) is 1. The number of methoxy groups -OCH3 is 1. The molecular weight excluding hydrogens is 278 g/mol. The number of aromatic nitrogens is 2. The summed E-state index contributed by atoms with van der Waals surface area (Å²) in [4.78, 5) is 4.12. The van der Waals surface area contributed by atoms with Crippen LogP contribution >= 0.6 is 27.5 Å². The highest BCUT2D eigenvalue weighted by Crippen LogP contribution is 2.32. The largest absolute Gasteiger partial charge is 0.497 e. The van der Waals surface area contributed by atoms with Crippen molar-refractivity contribution in [1.29, 1.82) is 0 Å². The maximum atomic E-state index is 5.48. The first-order valence-corrected chi connectivity index (χ1v) is 5.70. The number of hydrogen-bond donors (Lipinski definition) is 1. The van der Waals surface area contributed by atoms with Gasteiger partial charge in [-0.15, -0.1) is 0 Å². The number of rotatable bonds is 2. The van der Waals surface area contributed by atoms with Crippen molar-refractivity contribution in [1.82, 2.24) is 9.36 Å². The molecule has 2 aromatic rings. The first-order valence-electron chi connectivity index (χ1n) is 4.14. The normalized spacial score (nSPS) is 10.3. The maximum absolute atomic E-state index is 5.48. The third kappa shape index (κ3) is 2.10. The van der Waals surface area contributed by atoms with Crippen LogP contribution in [0, 0.1) is 0 Å². The fourth-order valence-corrected chi connectivity index (χ4v) is 2.33. The highest BCUT2D eigenvalue weighted by molar-refractivity contribution is 9.10. The molecule has 0 saturated carbocycles. The lowest BCUT2D eigenvalue weighted by atomic mass is 10.2. The minimum Gasteiger partial charge on any atom is -0.497 e. The SMILES string of the molecule is COc1ccc(Br)c(-c2nc(N)ns2)c1. The third-order valence-corrected chi connectivity index (χ3v) is 3.30. The van der Waals surface area contributed by atoms with Crippen molar-refractivity contribution in [3.8, 4) is 16.3 Å². The molecule has 6 heteroatoms. The van der Waals surface area contributed by atoms with Crippen molar-refractivity contribution in [2.45, 2.75) is 0 Å². The minimum absolute atomic E-state index is 0.296. The van der Waals surface area contributed by atoms with E-state index in [4.69, 9.17) is 10.5 Å². The Bertz CT molecular complexity index is 486. The molecular formula is C9H8BrN3OS. The smallest absolute Gasteiger partial charge is 0.232 e. The average Bonchev–Trinajstić information content (AvgIpc) is 2.65. The van der Waals surface area contributed by atoms with Gasteiger partial charge in [-0.3, -0.25) is 0 Å². The number of nitrogens with zero attached hydrogens (tertiary/aromatic N) is 2. The molecule has 15 heavy (non-hydrogen) atoms. The molecule has 0 aliphatic carbocycles. The lowest BCUT2D eigenvalue weighted by Crippen LogP contribution is -1.87. The topological polar surface area (TPSA) is 61.0 Å². The van der Waals surface area contributed by atoms with Crippen LogP contribution in [0.3, 0.4) is 0 Å². The first-order chi connectivity index (χ1) is 7.20. The molecule has 0 aliphatic rings. The van der Waals surface area contributed by atoms with E-state index in [1.807, 2.05) is 18.2 Å². The van der Waals surface area contributed by atoms with Crippen molar-refractivity contribution in [2.24, 2.45) is 0 Å². The fourth-order valence-electron chi connectivity index (χ4n) is 1.14. The van der Waals surface area contributed by atoms with Gasteiger partial charge in [0.25, 0.3) is 0 Å². The summed E-state index contributed by atoms with van der Waals surface area (Å²) in [5.74, 6) is 1.08. The first kappa shape index (κ1) is 10.4. The van der Waals surface area contributed by atoms with Crippen molar-refractivity contribution in [3.05, 3.63) is 22.7 Å². The van der Waals surface area contributed by atoms with Crippen molar-refractivity contribution in [2.75, 3.05) is 12.8 Å². The van der Waals surface area contributed by atoms with E-state index < -0.39 is 0 Å². The van der Waals surface area contributed by atoms with Crippen molar-refractivity contribution < 1.29 is 4.74 Å². The summed E-state index contributed by atoms with van der Waals surface area (Å²) in [5.41, 5.74) is 6.41. The number of nitrogen functional groups attached to an aromatic ring is 1. The predicted molar refractivity (Wildman–Crippen MR) is 64.0 cm³/mol. The summed E-state index contributed by atoms with van der Waals surface area (Å²) >= 11 is 4.71.